The van der Waals surface area contributed by atoms with Crippen LogP contribution in [0, 0.1) is 5.92 Å². The second-order valence-corrected chi connectivity index (χ2v) is 3.83. The molecule has 68 valence electrons. The van der Waals surface area contributed by atoms with Crippen LogP contribution >= 0.6 is 0 Å². The van der Waals surface area contributed by atoms with E-state index < -0.39 is 0 Å². The molecule has 0 bridgehead atoms. The first-order chi connectivity index (χ1) is 6.93. The quantitative estimate of drug-likeness (QED) is 0.535. The molecule has 0 aliphatic heterocycles. The van der Waals surface area contributed by atoms with Gasteiger partial charge in [-0.1, -0.05) is 54.7 Å². The van der Waals surface area contributed by atoms with E-state index >= 15 is 0 Å². The van der Waals surface area contributed by atoms with E-state index in [-0.39, 0.29) is 0 Å². The molecule has 0 N–H and O–H groups in total. The lowest BCUT2D eigenvalue weighted by molar-refractivity contribution is 0.962. The van der Waals surface area contributed by atoms with E-state index in [0.29, 0.717) is 5.92 Å². The fourth-order valence-corrected chi connectivity index (χ4v) is 2.14. The van der Waals surface area contributed by atoms with Gasteiger partial charge in [-0.2, -0.15) is 0 Å². The van der Waals surface area contributed by atoms with Gasteiger partial charge in [0.05, 0.1) is 0 Å². The van der Waals surface area contributed by atoms with Gasteiger partial charge in [0.1, 0.15) is 0 Å². The molecule has 14 heavy (non-hydrogen) atoms. The van der Waals surface area contributed by atoms with Gasteiger partial charge in [0.15, 0.2) is 0 Å². The lowest BCUT2D eigenvalue weighted by atomic mass is 9.82. The Labute approximate surface area is 84.3 Å². The van der Waals surface area contributed by atoms with Crippen LogP contribution in [0.1, 0.15) is 6.42 Å². The predicted octanol–water partition coefficient (Wildman–Crippen LogP) is 3.48. The predicted molar refractivity (Wildman–Crippen MR) is 59.8 cm³/mol. The van der Waals surface area contributed by atoms with E-state index in [9.17, 15) is 0 Å². The summed E-state index contributed by atoms with van der Waals surface area (Å²) in [4.78, 5) is 0. The van der Waals surface area contributed by atoms with Crippen molar-refractivity contribution in [3.8, 4) is 0 Å². The Morgan fingerprint density at radius 1 is 1.07 bits per heavy atom. The van der Waals surface area contributed by atoms with Crippen LogP contribution in [0.25, 0.3) is 0 Å². The Bertz CT molecular complexity index is 437. The molecule has 0 heteroatoms. The highest BCUT2D eigenvalue weighted by atomic mass is 14.2. The van der Waals surface area contributed by atoms with Crippen molar-refractivity contribution in [3.63, 3.8) is 0 Å². The minimum absolute atomic E-state index is 0.495. The first kappa shape index (κ1) is 7.81. The molecule has 0 nitrogen and oxygen atoms in total. The maximum Gasteiger partial charge on any atom is 0.0210 e. The Hall–Kier alpha value is -1.56. The van der Waals surface area contributed by atoms with Crippen LogP contribution in [0.5, 0.6) is 0 Å². The molecule has 0 amide bonds. The van der Waals surface area contributed by atoms with Gasteiger partial charge in [-0.3, -0.25) is 0 Å². The van der Waals surface area contributed by atoms with Crippen molar-refractivity contribution in [2.24, 2.45) is 5.92 Å². The first-order valence-electron chi connectivity index (χ1n) is 5.09. The van der Waals surface area contributed by atoms with Crippen molar-refractivity contribution < 1.29 is 0 Å². The van der Waals surface area contributed by atoms with Crippen molar-refractivity contribution in [2.75, 3.05) is 0 Å². The lowest BCUT2D eigenvalue weighted by Crippen LogP contribution is -2.06. The zero-order valence-electron chi connectivity index (χ0n) is 7.98. The molecular weight excluding hydrogens is 168 g/mol. The molecule has 0 fully saturated rings. The van der Waals surface area contributed by atoms with Crippen molar-refractivity contribution >= 4 is 0 Å². The molecule has 3 aliphatic carbocycles. The summed E-state index contributed by atoms with van der Waals surface area (Å²) >= 11 is 0. The number of rotatable bonds is 0. The standard InChI is InChI=1S/C14H12/c1-2-6-12-10-14-8-4-3-7-13(14)9-11(12)5-1/h1-3,5-11H,4H2. The molecule has 0 saturated heterocycles. The number of hydrogen-bond acceptors (Lipinski definition) is 0. The third-order valence-electron chi connectivity index (χ3n) is 2.89. The molecule has 0 heterocycles. The number of allylic oxidation sites excluding steroid dienone is 12. The lowest BCUT2D eigenvalue weighted by Gasteiger charge is -2.22. The Balaban J connectivity index is 2.08. The van der Waals surface area contributed by atoms with Crippen LogP contribution in [0.4, 0.5) is 0 Å². The molecule has 1 atom stereocenters. The van der Waals surface area contributed by atoms with Crippen molar-refractivity contribution in [1.82, 2.24) is 0 Å². The third kappa shape index (κ3) is 1.15. The molecule has 1 unspecified atom stereocenters. The van der Waals surface area contributed by atoms with E-state index in [1.165, 1.54) is 16.7 Å². The average Bonchev–Trinajstić information content (AvgIpc) is 2.26. The van der Waals surface area contributed by atoms with Gasteiger partial charge >= 0.3 is 0 Å². The highest BCUT2D eigenvalue weighted by Crippen LogP contribution is 2.33. The Morgan fingerprint density at radius 2 is 2.07 bits per heavy atom. The van der Waals surface area contributed by atoms with E-state index in [1.54, 1.807) is 0 Å². The van der Waals surface area contributed by atoms with Gasteiger partial charge in [0.25, 0.3) is 0 Å². The monoisotopic (exact) mass is 180 g/mol. The molecule has 0 aromatic rings. The fraction of sp³-hybridized carbons (Fsp3) is 0.143. The summed E-state index contributed by atoms with van der Waals surface area (Å²) < 4.78 is 0. The minimum Gasteiger partial charge on any atom is -0.0801 e. The summed E-state index contributed by atoms with van der Waals surface area (Å²) in [5, 5.41) is 0. The van der Waals surface area contributed by atoms with Crippen molar-refractivity contribution in [1.29, 1.82) is 0 Å². The smallest absolute Gasteiger partial charge is 0.0210 e. The summed E-state index contributed by atoms with van der Waals surface area (Å²) in [6.45, 7) is 0. The summed E-state index contributed by atoms with van der Waals surface area (Å²) in [5.41, 5.74) is 4.18. The second-order valence-electron chi connectivity index (χ2n) is 3.83. The van der Waals surface area contributed by atoms with E-state index in [1.807, 2.05) is 0 Å². The molecule has 3 rings (SSSR count). The summed E-state index contributed by atoms with van der Waals surface area (Å²) in [5.74, 6) is 0.495. The van der Waals surface area contributed by atoms with Gasteiger partial charge in [0.2, 0.25) is 0 Å². The summed E-state index contributed by atoms with van der Waals surface area (Å²) in [6, 6.07) is 0. The largest absolute Gasteiger partial charge is 0.0801 e. The van der Waals surface area contributed by atoms with E-state index in [0.717, 1.165) is 6.42 Å². The zero-order valence-corrected chi connectivity index (χ0v) is 7.98. The molecule has 0 aromatic carbocycles. The van der Waals surface area contributed by atoms with Crippen LogP contribution < -0.4 is 0 Å². The third-order valence-corrected chi connectivity index (χ3v) is 2.89. The highest BCUT2D eigenvalue weighted by molar-refractivity contribution is 5.58. The van der Waals surface area contributed by atoms with Gasteiger partial charge in [0, 0.05) is 5.92 Å². The van der Waals surface area contributed by atoms with Crippen LogP contribution in [0.2, 0.25) is 0 Å². The van der Waals surface area contributed by atoms with Crippen LogP contribution in [0.3, 0.4) is 0 Å². The molecule has 0 aromatic heterocycles. The average molecular weight is 180 g/mol. The Kier molecular flexibility index (Phi) is 1.66. The molecular formula is C14H12. The van der Waals surface area contributed by atoms with E-state index in [2.05, 4.69) is 54.7 Å². The molecule has 0 spiro atoms. The first-order valence-corrected chi connectivity index (χ1v) is 5.09. The maximum absolute atomic E-state index is 2.34. The number of hydrogen-bond donors (Lipinski definition) is 0. The topological polar surface area (TPSA) is 0 Å². The molecule has 0 radical (unpaired) electrons. The van der Waals surface area contributed by atoms with Gasteiger partial charge < -0.3 is 0 Å². The Morgan fingerprint density at radius 3 is 3.07 bits per heavy atom. The van der Waals surface area contributed by atoms with Gasteiger partial charge in [-0.15, -0.1) is 0 Å². The molecule has 3 aliphatic rings. The second kappa shape index (κ2) is 2.98. The van der Waals surface area contributed by atoms with Crippen LogP contribution in [-0.2, 0) is 0 Å². The minimum atomic E-state index is 0.495. The summed E-state index contributed by atoms with van der Waals surface area (Å²) in [6.07, 6.45) is 21.2. The zero-order chi connectivity index (χ0) is 9.38. The highest BCUT2D eigenvalue weighted by Gasteiger charge is 2.16. The van der Waals surface area contributed by atoms with Crippen LogP contribution in [0.15, 0.2) is 71.4 Å². The molecule has 0 saturated carbocycles. The van der Waals surface area contributed by atoms with Crippen LogP contribution in [-0.4, -0.2) is 0 Å². The normalized spacial score (nSPS) is 27.4. The van der Waals surface area contributed by atoms with Gasteiger partial charge in [-0.05, 0) is 23.1 Å². The van der Waals surface area contributed by atoms with E-state index in [4.69, 9.17) is 0 Å². The SMILES string of the molecule is C1=CC2=CC3=CCC=CC3=CC2C=C1. The maximum atomic E-state index is 2.34. The van der Waals surface area contributed by atoms with Crippen molar-refractivity contribution in [3.05, 3.63) is 71.4 Å². The van der Waals surface area contributed by atoms with Crippen molar-refractivity contribution in [2.45, 2.75) is 6.42 Å². The fourth-order valence-electron chi connectivity index (χ4n) is 2.14. The number of fused-ring (bicyclic) bond motifs is 2. The summed E-state index contributed by atoms with van der Waals surface area (Å²) in [7, 11) is 0. The van der Waals surface area contributed by atoms with Gasteiger partial charge in [-0.25, -0.2) is 0 Å².